The van der Waals surface area contributed by atoms with Crippen LogP contribution in [0.25, 0.3) is 0 Å². The summed E-state index contributed by atoms with van der Waals surface area (Å²) in [5, 5.41) is 3.71. The van der Waals surface area contributed by atoms with Gasteiger partial charge in [-0.2, -0.15) is 5.10 Å². The normalized spacial score (nSPS) is 11.6. The molecule has 1 aromatic carbocycles. The quantitative estimate of drug-likeness (QED) is 0.593. The summed E-state index contributed by atoms with van der Waals surface area (Å²) in [6, 6.07) is 10.1. The van der Waals surface area contributed by atoms with Crippen LogP contribution in [0.3, 0.4) is 0 Å². The predicted molar refractivity (Wildman–Crippen MR) is 90.8 cm³/mol. The Kier molecular flexibility index (Phi) is 5.56. The van der Waals surface area contributed by atoms with E-state index in [2.05, 4.69) is 26.5 Å². The van der Waals surface area contributed by atoms with Gasteiger partial charge in [-0.15, -0.1) is 0 Å². The minimum absolute atomic E-state index is 0.375. The Morgan fingerprint density at radius 1 is 1.35 bits per heavy atom. The third-order valence-corrected chi connectivity index (χ3v) is 4.53. The van der Waals surface area contributed by atoms with Crippen molar-refractivity contribution in [2.45, 2.75) is 0 Å². The first kappa shape index (κ1) is 17.2. The first-order valence-electron chi connectivity index (χ1n) is 6.45. The number of furan rings is 1. The third kappa shape index (κ3) is 4.93. The van der Waals surface area contributed by atoms with Gasteiger partial charge in [0.2, 0.25) is 10.0 Å². The van der Waals surface area contributed by atoms with Crippen molar-refractivity contribution >= 4 is 43.8 Å². The molecule has 2 aromatic rings. The fourth-order valence-corrected chi connectivity index (χ4v) is 3.22. The van der Waals surface area contributed by atoms with Crippen LogP contribution < -0.4 is 9.73 Å². The molecule has 0 saturated carbocycles. The average molecular weight is 400 g/mol. The lowest BCUT2D eigenvalue weighted by molar-refractivity contribution is -0.119. The van der Waals surface area contributed by atoms with Gasteiger partial charge in [0, 0.05) is 4.47 Å². The van der Waals surface area contributed by atoms with E-state index in [0.29, 0.717) is 15.9 Å². The maximum Gasteiger partial charge on any atom is 0.260 e. The van der Waals surface area contributed by atoms with Gasteiger partial charge in [-0.1, -0.05) is 12.1 Å². The second-order valence-corrected chi connectivity index (χ2v) is 7.29. The molecular formula is C14H14BrN3O4S. The number of hydrazone groups is 1. The number of halogens is 1. The number of anilines is 1. The standard InChI is InChI=1S/C14H14BrN3O4S/c1-23(20,21)18(13-7-3-2-6-12(13)15)10-14(19)17-16-9-11-5-4-8-22-11/h2-9H,10H2,1H3,(H,17,19)/b16-9-. The number of hydrogen-bond donors (Lipinski definition) is 1. The van der Waals surface area contributed by atoms with E-state index in [-0.39, 0.29) is 0 Å². The summed E-state index contributed by atoms with van der Waals surface area (Å²) in [6.45, 7) is -0.392. The topological polar surface area (TPSA) is 92.0 Å². The third-order valence-electron chi connectivity index (χ3n) is 2.73. The summed E-state index contributed by atoms with van der Waals surface area (Å²) in [4.78, 5) is 11.9. The van der Waals surface area contributed by atoms with Crippen LogP contribution in [0.5, 0.6) is 0 Å². The first-order valence-corrected chi connectivity index (χ1v) is 9.09. The number of hydrogen-bond acceptors (Lipinski definition) is 5. The van der Waals surface area contributed by atoms with Crippen molar-refractivity contribution in [1.29, 1.82) is 0 Å². The zero-order valence-electron chi connectivity index (χ0n) is 12.1. The molecular weight excluding hydrogens is 386 g/mol. The van der Waals surface area contributed by atoms with E-state index >= 15 is 0 Å². The van der Waals surface area contributed by atoms with Gasteiger partial charge < -0.3 is 4.42 Å². The Bertz CT molecular complexity index is 803. The van der Waals surface area contributed by atoms with Crippen LogP contribution in [0.1, 0.15) is 5.76 Å². The molecule has 0 saturated heterocycles. The number of amides is 1. The van der Waals surface area contributed by atoms with Gasteiger partial charge in [-0.3, -0.25) is 9.10 Å². The molecule has 23 heavy (non-hydrogen) atoms. The number of nitrogens with zero attached hydrogens (tertiary/aromatic N) is 2. The zero-order chi connectivity index (χ0) is 16.9. The highest BCUT2D eigenvalue weighted by atomic mass is 79.9. The first-order chi connectivity index (χ1) is 10.9. The van der Waals surface area contributed by atoms with Crippen LogP contribution in [0, 0.1) is 0 Å². The van der Waals surface area contributed by atoms with Gasteiger partial charge in [0.05, 0.1) is 24.4 Å². The highest BCUT2D eigenvalue weighted by molar-refractivity contribution is 9.10. The molecule has 1 aromatic heterocycles. The van der Waals surface area contributed by atoms with E-state index in [0.717, 1.165) is 10.6 Å². The smallest absolute Gasteiger partial charge is 0.260 e. The molecule has 1 heterocycles. The maximum atomic E-state index is 12.0. The average Bonchev–Trinajstić information content (AvgIpc) is 2.98. The number of rotatable bonds is 6. The Morgan fingerprint density at radius 2 is 2.09 bits per heavy atom. The monoisotopic (exact) mass is 399 g/mol. The van der Waals surface area contributed by atoms with Crippen LogP contribution in [0.15, 0.2) is 56.7 Å². The lowest BCUT2D eigenvalue weighted by Crippen LogP contribution is -2.39. The van der Waals surface area contributed by atoms with Gasteiger partial charge in [0.15, 0.2) is 0 Å². The summed E-state index contributed by atoms with van der Waals surface area (Å²) in [7, 11) is -3.63. The largest absolute Gasteiger partial charge is 0.463 e. The zero-order valence-corrected chi connectivity index (χ0v) is 14.5. The fourth-order valence-electron chi connectivity index (χ4n) is 1.73. The van der Waals surface area contributed by atoms with Crippen molar-refractivity contribution in [2.24, 2.45) is 5.10 Å². The summed E-state index contributed by atoms with van der Waals surface area (Å²) in [5.74, 6) is -0.106. The minimum atomic E-state index is -3.63. The lowest BCUT2D eigenvalue weighted by Gasteiger charge is -2.22. The van der Waals surface area contributed by atoms with Crippen LogP contribution in [0.4, 0.5) is 5.69 Å². The van der Waals surface area contributed by atoms with Crippen molar-refractivity contribution < 1.29 is 17.6 Å². The second-order valence-electron chi connectivity index (χ2n) is 4.53. The molecule has 0 aliphatic carbocycles. The van der Waals surface area contributed by atoms with Gasteiger partial charge in [0.1, 0.15) is 12.3 Å². The number of carbonyl (C=O) groups is 1. The number of para-hydroxylation sites is 1. The van der Waals surface area contributed by atoms with Gasteiger partial charge >= 0.3 is 0 Å². The molecule has 0 spiro atoms. The molecule has 1 N–H and O–H groups in total. The number of nitrogens with one attached hydrogen (secondary N) is 1. The fraction of sp³-hybridized carbons (Fsp3) is 0.143. The van der Waals surface area contributed by atoms with Crippen molar-refractivity contribution in [2.75, 3.05) is 17.1 Å². The number of carbonyl (C=O) groups excluding carboxylic acids is 1. The van der Waals surface area contributed by atoms with Crippen LogP contribution in [-0.2, 0) is 14.8 Å². The SMILES string of the molecule is CS(=O)(=O)N(CC(=O)N/N=C\c1ccco1)c1ccccc1Br. The molecule has 7 nitrogen and oxygen atoms in total. The lowest BCUT2D eigenvalue weighted by atomic mass is 10.3. The molecule has 2 rings (SSSR count). The molecule has 0 unspecified atom stereocenters. The highest BCUT2D eigenvalue weighted by Gasteiger charge is 2.22. The highest BCUT2D eigenvalue weighted by Crippen LogP contribution is 2.27. The van der Waals surface area contributed by atoms with E-state index < -0.39 is 22.5 Å². The molecule has 0 fully saturated rings. The van der Waals surface area contributed by atoms with E-state index in [1.807, 2.05) is 0 Å². The van der Waals surface area contributed by atoms with E-state index in [9.17, 15) is 13.2 Å². The van der Waals surface area contributed by atoms with Crippen molar-refractivity contribution in [1.82, 2.24) is 5.43 Å². The second kappa shape index (κ2) is 7.42. The van der Waals surface area contributed by atoms with Gasteiger partial charge in [0.25, 0.3) is 5.91 Å². The van der Waals surface area contributed by atoms with E-state index in [1.165, 1.54) is 12.5 Å². The Labute approximate surface area is 142 Å². The molecule has 1 amide bonds. The Hall–Kier alpha value is -2.13. The molecule has 9 heteroatoms. The molecule has 0 aliphatic heterocycles. The molecule has 0 atom stereocenters. The molecule has 122 valence electrons. The van der Waals surface area contributed by atoms with Gasteiger partial charge in [-0.05, 0) is 40.2 Å². The van der Waals surface area contributed by atoms with Crippen LogP contribution in [-0.4, -0.2) is 33.3 Å². The Balaban J connectivity index is 2.10. The van der Waals surface area contributed by atoms with Crippen molar-refractivity contribution in [3.8, 4) is 0 Å². The molecule has 0 bridgehead atoms. The molecule has 0 radical (unpaired) electrons. The summed E-state index contributed by atoms with van der Waals surface area (Å²) < 4.78 is 30.5. The van der Waals surface area contributed by atoms with Crippen LogP contribution in [0.2, 0.25) is 0 Å². The van der Waals surface area contributed by atoms with E-state index in [1.54, 1.807) is 36.4 Å². The van der Waals surface area contributed by atoms with Crippen LogP contribution >= 0.6 is 15.9 Å². The summed E-state index contributed by atoms with van der Waals surface area (Å²) >= 11 is 3.28. The number of benzene rings is 1. The maximum absolute atomic E-state index is 12.0. The number of sulfonamides is 1. The minimum Gasteiger partial charge on any atom is -0.463 e. The predicted octanol–water partition coefficient (Wildman–Crippen LogP) is 1.96. The van der Waals surface area contributed by atoms with Gasteiger partial charge in [-0.25, -0.2) is 13.8 Å². The summed E-state index contributed by atoms with van der Waals surface area (Å²) in [6.07, 6.45) is 3.83. The van der Waals surface area contributed by atoms with Crippen molar-refractivity contribution in [3.05, 3.63) is 52.9 Å². The summed E-state index contributed by atoms with van der Waals surface area (Å²) in [5.41, 5.74) is 2.64. The van der Waals surface area contributed by atoms with E-state index in [4.69, 9.17) is 4.42 Å². The molecule has 0 aliphatic rings. The van der Waals surface area contributed by atoms with Crippen molar-refractivity contribution in [3.63, 3.8) is 0 Å². The Morgan fingerprint density at radius 3 is 2.70 bits per heavy atom.